The van der Waals surface area contributed by atoms with Gasteiger partial charge < -0.3 is 0 Å². The fourth-order valence-corrected chi connectivity index (χ4v) is 2.04. The zero-order valence-electron chi connectivity index (χ0n) is 7.24. The summed E-state index contributed by atoms with van der Waals surface area (Å²) < 4.78 is 6.16. The first-order valence-corrected chi connectivity index (χ1v) is 5.82. The molecule has 0 unspecified atom stereocenters. The van der Waals surface area contributed by atoms with Crippen molar-refractivity contribution in [1.29, 1.82) is 0 Å². The summed E-state index contributed by atoms with van der Waals surface area (Å²) in [5.41, 5.74) is 0. The van der Waals surface area contributed by atoms with Crippen molar-refractivity contribution in [1.82, 2.24) is 0 Å². The third kappa shape index (κ3) is 4.07. The predicted molar refractivity (Wildman–Crippen MR) is 46.0 cm³/mol. The summed E-state index contributed by atoms with van der Waals surface area (Å²) in [6, 6.07) is 9.77. The molecule has 2 nitrogen and oxygen atoms in total. The molecule has 0 spiro atoms. The monoisotopic (exact) mass is 289 g/mol. The minimum atomic E-state index is -0.627. The summed E-state index contributed by atoms with van der Waals surface area (Å²) in [6.45, 7) is 1.79. The van der Waals surface area contributed by atoms with Crippen LogP contribution < -0.4 is 21.6 Å². The van der Waals surface area contributed by atoms with Crippen molar-refractivity contribution in [2.75, 3.05) is 0 Å². The van der Waals surface area contributed by atoms with E-state index in [9.17, 15) is 4.79 Å². The fourth-order valence-electron chi connectivity index (χ4n) is 0.710. The van der Waals surface area contributed by atoms with E-state index < -0.39 is 21.6 Å². The Kier molecular flexibility index (Phi) is 4.53. The molecule has 0 aliphatic heterocycles. The van der Waals surface area contributed by atoms with E-state index in [2.05, 4.69) is 0 Å². The Labute approximate surface area is 88.4 Å². The number of hydrogen-bond acceptors (Lipinski definition) is 2. The van der Waals surface area contributed by atoms with Gasteiger partial charge in [0, 0.05) is 0 Å². The van der Waals surface area contributed by atoms with Crippen LogP contribution in [-0.4, -0.2) is 5.97 Å². The Morgan fingerprint density at radius 1 is 1.38 bits per heavy atom. The molecule has 1 aromatic carbocycles. The van der Waals surface area contributed by atoms with Crippen molar-refractivity contribution < 1.29 is 29.5 Å². The molecule has 0 bridgehead atoms. The second-order valence-corrected chi connectivity index (χ2v) is 4.40. The Hall–Kier alpha value is -0.840. The number of carbonyl (C=O) groups is 1. The molecule has 70 valence electrons. The topological polar surface area (TPSA) is 26.3 Å². The number of rotatable bonds is 3. The zero-order chi connectivity index (χ0) is 9.52. The van der Waals surface area contributed by atoms with E-state index in [1.807, 2.05) is 30.3 Å². The average Bonchev–Trinajstić information content (AvgIpc) is 2.17. The molecule has 0 N–H and O–H groups in total. The standard InChI is InChI=1S/C10H10IO2/c1-2-6-10(12)13-11-9-7-4-3-5-8-9/h2-8H,1H3/q-1/b6-2+. The molecular weight excluding hydrogens is 279 g/mol. The Balaban J connectivity index is 2.40. The van der Waals surface area contributed by atoms with Gasteiger partial charge in [0.05, 0.1) is 0 Å². The van der Waals surface area contributed by atoms with Gasteiger partial charge in [-0.05, 0) is 0 Å². The third-order valence-electron chi connectivity index (χ3n) is 1.24. The number of hydrogen-bond donors (Lipinski definition) is 0. The summed E-state index contributed by atoms with van der Waals surface area (Å²) in [5, 5.41) is 0. The quantitative estimate of drug-likeness (QED) is 0.526. The van der Waals surface area contributed by atoms with Gasteiger partial charge >= 0.3 is 88.4 Å². The molecular formula is C10H10IO2-. The third-order valence-corrected chi connectivity index (χ3v) is 3.12. The maximum absolute atomic E-state index is 10.9. The van der Waals surface area contributed by atoms with Gasteiger partial charge in [-0.1, -0.05) is 0 Å². The number of halogens is 1. The van der Waals surface area contributed by atoms with Crippen molar-refractivity contribution in [3.63, 3.8) is 0 Å². The van der Waals surface area contributed by atoms with Crippen LogP contribution in [0.3, 0.4) is 0 Å². The maximum atomic E-state index is 10.9. The van der Waals surface area contributed by atoms with Crippen LogP contribution >= 0.6 is 0 Å². The molecule has 1 rings (SSSR count). The van der Waals surface area contributed by atoms with Gasteiger partial charge in [-0.15, -0.1) is 0 Å². The first-order valence-electron chi connectivity index (χ1n) is 3.86. The fraction of sp³-hybridized carbons (Fsp3) is 0.100. The molecule has 0 aromatic heterocycles. The van der Waals surface area contributed by atoms with Crippen molar-refractivity contribution in [3.05, 3.63) is 46.1 Å². The SMILES string of the molecule is C/C=C/C(=O)O[I-]c1ccccc1. The van der Waals surface area contributed by atoms with Crippen LogP contribution in [0.25, 0.3) is 0 Å². The van der Waals surface area contributed by atoms with Crippen molar-refractivity contribution in [2.45, 2.75) is 6.92 Å². The number of benzene rings is 1. The van der Waals surface area contributed by atoms with Gasteiger partial charge in [0.25, 0.3) is 0 Å². The predicted octanol–water partition coefficient (Wildman–Crippen LogP) is -1.02. The van der Waals surface area contributed by atoms with E-state index in [0.29, 0.717) is 0 Å². The molecule has 0 saturated heterocycles. The molecule has 0 aliphatic carbocycles. The van der Waals surface area contributed by atoms with Gasteiger partial charge in [-0.25, -0.2) is 0 Å². The van der Waals surface area contributed by atoms with Crippen LogP contribution in [0, 0.1) is 3.57 Å². The van der Waals surface area contributed by atoms with E-state index >= 15 is 0 Å². The van der Waals surface area contributed by atoms with Crippen molar-refractivity contribution >= 4 is 5.97 Å². The van der Waals surface area contributed by atoms with Gasteiger partial charge in [-0.3, -0.25) is 0 Å². The molecule has 0 radical (unpaired) electrons. The van der Waals surface area contributed by atoms with Crippen molar-refractivity contribution in [2.24, 2.45) is 0 Å². The summed E-state index contributed by atoms with van der Waals surface area (Å²) in [4.78, 5) is 10.9. The molecule has 13 heavy (non-hydrogen) atoms. The van der Waals surface area contributed by atoms with E-state index in [0.717, 1.165) is 3.57 Å². The summed E-state index contributed by atoms with van der Waals surface area (Å²) in [6.07, 6.45) is 3.11. The second kappa shape index (κ2) is 5.75. The number of allylic oxidation sites excluding steroid dienone is 1. The first kappa shape index (κ1) is 10.2. The molecule has 0 heterocycles. The van der Waals surface area contributed by atoms with E-state index in [-0.39, 0.29) is 5.97 Å². The Bertz CT molecular complexity index is 293. The van der Waals surface area contributed by atoms with Gasteiger partial charge in [0.15, 0.2) is 0 Å². The molecule has 0 saturated carbocycles. The van der Waals surface area contributed by atoms with Gasteiger partial charge in [0.1, 0.15) is 0 Å². The molecule has 3 heteroatoms. The molecule has 1 aromatic rings. The summed E-state index contributed by atoms with van der Waals surface area (Å²) in [7, 11) is 0. The molecule has 0 atom stereocenters. The average molecular weight is 289 g/mol. The van der Waals surface area contributed by atoms with Crippen molar-refractivity contribution in [3.8, 4) is 0 Å². The molecule has 0 amide bonds. The van der Waals surface area contributed by atoms with E-state index in [1.165, 1.54) is 6.08 Å². The first-order chi connectivity index (χ1) is 6.33. The normalized spacial score (nSPS) is 10.5. The van der Waals surface area contributed by atoms with Gasteiger partial charge in [-0.2, -0.15) is 0 Å². The van der Waals surface area contributed by atoms with Crippen LogP contribution in [-0.2, 0) is 7.86 Å². The van der Waals surface area contributed by atoms with E-state index in [1.54, 1.807) is 13.0 Å². The minimum absolute atomic E-state index is 0.251. The Morgan fingerprint density at radius 2 is 2.08 bits per heavy atom. The second-order valence-electron chi connectivity index (χ2n) is 2.27. The molecule has 0 fully saturated rings. The Morgan fingerprint density at radius 3 is 2.69 bits per heavy atom. The van der Waals surface area contributed by atoms with E-state index in [4.69, 9.17) is 3.07 Å². The molecule has 0 aliphatic rings. The van der Waals surface area contributed by atoms with Crippen LogP contribution in [0.2, 0.25) is 0 Å². The number of carbonyl (C=O) groups excluding carboxylic acids is 1. The summed E-state index contributed by atoms with van der Waals surface area (Å²) in [5.74, 6) is -0.251. The zero-order valence-corrected chi connectivity index (χ0v) is 9.39. The van der Waals surface area contributed by atoms with Crippen LogP contribution in [0.15, 0.2) is 42.5 Å². The van der Waals surface area contributed by atoms with Gasteiger partial charge in [0.2, 0.25) is 0 Å². The van der Waals surface area contributed by atoms with Crippen LogP contribution in [0.4, 0.5) is 0 Å². The van der Waals surface area contributed by atoms with Crippen LogP contribution in [0.5, 0.6) is 0 Å². The summed E-state index contributed by atoms with van der Waals surface area (Å²) >= 11 is -0.627. The van der Waals surface area contributed by atoms with Crippen LogP contribution in [0.1, 0.15) is 6.92 Å².